The third-order valence-electron chi connectivity index (χ3n) is 4.94. The van der Waals surface area contributed by atoms with Crippen molar-refractivity contribution in [3.63, 3.8) is 0 Å². The van der Waals surface area contributed by atoms with Crippen LogP contribution in [0.1, 0.15) is 40.0 Å². The number of phenolic OH excluding ortho intramolecular Hbond substituents is 2. The average Bonchev–Trinajstić information content (AvgIpc) is 2.51. The minimum atomic E-state index is -1.50. The smallest absolute Gasteiger partial charge is 0.330 e. The van der Waals surface area contributed by atoms with Gasteiger partial charge in [-0.05, 0) is 30.6 Å². The number of hydrogen-bond acceptors (Lipinski definition) is 6. The molecule has 7 heteroatoms. The number of hydrogen-bond donors (Lipinski definition) is 4. The van der Waals surface area contributed by atoms with Gasteiger partial charge >= 0.3 is 5.97 Å². The van der Waals surface area contributed by atoms with Crippen LogP contribution >= 0.6 is 0 Å². The Morgan fingerprint density at radius 3 is 2.42 bits per heavy atom. The summed E-state index contributed by atoms with van der Waals surface area (Å²) in [6, 6.07) is 3.44. The van der Waals surface area contributed by atoms with E-state index in [1.165, 1.54) is 12.1 Å². The van der Waals surface area contributed by atoms with Crippen molar-refractivity contribution in [2.75, 3.05) is 6.54 Å². The molecule has 26 heavy (non-hydrogen) atoms. The van der Waals surface area contributed by atoms with Gasteiger partial charge in [-0.1, -0.05) is 27.2 Å². The van der Waals surface area contributed by atoms with Gasteiger partial charge in [-0.25, -0.2) is 4.79 Å². The zero-order valence-electron chi connectivity index (χ0n) is 15.4. The summed E-state index contributed by atoms with van der Waals surface area (Å²) < 4.78 is 4.99. The van der Waals surface area contributed by atoms with Gasteiger partial charge in [0.05, 0.1) is 0 Å². The predicted octanol–water partition coefficient (Wildman–Crippen LogP) is 1.94. The molecule has 0 heterocycles. The van der Waals surface area contributed by atoms with Crippen LogP contribution in [0.4, 0.5) is 0 Å². The summed E-state index contributed by atoms with van der Waals surface area (Å²) in [7, 11) is 0. The van der Waals surface area contributed by atoms with Gasteiger partial charge in [0, 0.05) is 18.2 Å². The second-order valence-corrected chi connectivity index (χ2v) is 7.50. The molecule has 144 valence electrons. The molecule has 1 fully saturated rings. The largest absolute Gasteiger partial charge is 0.508 e. The number of rotatable bonds is 5. The third-order valence-corrected chi connectivity index (χ3v) is 4.94. The number of phenols is 2. The van der Waals surface area contributed by atoms with Crippen molar-refractivity contribution in [1.29, 1.82) is 0 Å². The number of nitrogens with one attached hydrogen (secondary N) is 1. The Morgan fingerprint density at radius 1 is 1.23 bits per heavy atom. The predicted molar refractivity (Wildman–Crippen MR) is 94.7 cm³/mol. The van der Waals surface area contributed by atoms with Gasteiger partial charge in [0.15, 0.2) is 0 Å². The summed E-state index contributed by atoms with van der Waals surface area (Å²) in [6.07, 6.45) is 2.08. The van der Waals surface area contributed by atoms with Crippen molar-refractivity contribution in [2.45, 2.75) is 45.6 Å². The van der Waals surface area contributed by atoms with Crippen LogP contribution in [-0.4, -0.2) is 39.3 Å². The van der Waals surface area contributed by atoms with E-state index >= 15 is 0 Å². The van der Waals surface area contributed by atoms with E-state index in [2.05, 4.69) is 5.32 Å². The summed E-state index contributed by atoms with van der Waals surface area (Å²) in [5, 5.41) is 32.2. The fraction of sp³-hybridized carbons (Fsp3) is 0.579. The molecule has 0 aromatic heterocycles. The van der Waals surface area contributed by atoms with Crippen molar-refractivity contribution >= 4 is 11.9 Å². The standard InChI is InChI=1S/C19H27NO6/c1-11(2)16-5-4-12(3)9-19(16,25)18(24)20-10-17(23)26-15-7-13(21)6-14(22)8-15/h6-8,11-12,16,21-22,25H,4-5,9-10H2,1-3H3,(H,20,24)/t12-,16+,19+/m1/s1. The lowest BCUT2D eigenvalue weighted by molar-refractivity contribution is -0.157. The molecule has 1 amide bonds. The van der Waals surface area contributed by atoms with Gasteiger partial charge in [0.2, 0.25) is 0 Å². The lowest BCUT2D eigenvalue weighted by atomic mass is 9.66. The van der Waals surface area contributed by atoms with E-state index in [0.29, 0.717) is 6.42 Å². The van der Waals surface area contributed by atoms with E-state index in [0.717, 1.165) is 18.9 Å². The Balaban J connectivity index is 1.98. The molecular formula is C19H27NO6. The Hall–Kier alpha value is -2.28. The zero-order valence-corrected chi connectivity index (χ0v) is 15.4. The quantitative estimate of drug-likeness (QED) is 0.468. The fourth-order valence-corrected chi connectivity index (χ4v) is 3.73. The first-order valence-electron chi connectivity index (χ1n) is 8.86. The third kappa shape index (κ3) is 4.66. The molecule has 0 saturated heterocycles. The molecule has 1 aromatic carbocycles. The molecule has 0 radical (unpaired) electrons. The lowest BCUT2D eigenvalue weighted by Crippen LogP contribution is -2.57. The minimum Gasteiger partial charge on any atom is -0.508 e. The van der Waals surface area contributed by atoms with Gasteiger partial charge in [0.25, 0.3) is 5.91 Å². The molecule has 7 nitrogen and oxygen atoms in total. The van der Waals surface area contributed by atoms with Crippen LogP contribution in [0.5, 0.6) is 17.2 Å². The molecule has 3 atom stereocenters. The Labute approximate surface area is 153 Å². The Bertz CT molecular complexity index is 654. The maximum Gasteiger partial charge on any atom is 0.330 e. The van der Waals surface area contributed by atoms with Gasteiger partial charge in [-0.3, -0.25) is 4.79 Å². The van der Waals surface area contributed by atoms with Crippen LogP contribution in [0.15, 0.2) is 18.2 Å². The second kappa shape index (κ2) is 7.95. The summed E-state index contributed by atoms with van der Waals surface area (Å²) in [5.41, 5.74) is -1.50. The Morgan fingerprint density at radius 2 is 1.85 bits per heavy atom. The molecule has 4 N–H and O–H groups in total. The number of aliphatic hydroxyl groups is 1. The Kier molecular flexibility index (Phi) is 6.13. The van der Waals surface area contributed by atoms with Crippen molar-refractivity contribution in [1.82, 2.24) is 5.32 Å². The first-order chi connectivity index (χ1) is 12.1. The normalized spacial score (nSPS) is 25.7. The van der Waals surface area contributed by atoms with Crippen LogP contribution in [-0.2, 0) is 9.59 Å². The van der Waals surface area contributed by atoms with E-state index in [1.54, 1.807) is 0 Å². The van der Waals surface area contributed by atoms with E-state index in [1.807, 2.05) is 20.8 Å². The number of esters is 1. The van der Waals surface area contributed by atoms with Gasteiger partial charge in [-0.15, -0.1) is 0 Å². The number of aromatic hydroxyl groups is 2. The molecule has 2 rings (SSSR count). The van der Waals surface area contributed by atoms with Gasteiger partial charge < -0.3 is 25.4 Å². The summed E-state index contributed by atoms with van der Waals surface area (Å²) >= 11 is 0. The van der Waals surface area contributed by atoms with Crippen LogP contribution < -0.4 is 10.1 Å². The van der Waals surface area contributed by atoms with Crippen molar-refractivity contribution in [2.24, 2.45) is 17.8 Å². The van der Waals surface area contributed by atoms with Gasteiger partial charge in [-0.2, -0.15) is 0 Å². The molecule has 0 spiro atoms. The van der Waals surface area contributed by atoms with Crippen LogP contribution in [0.3, 0.4) is 0 Å². The van der Waals surface area contributed by atoms with E-state index < -0.39 is 24.0 Å². The van der Waals surface area contributed by atoms with Crippen molar-refractivity contribution < 1.29 is 29.6 Å². The topological polar surface area (TPSA) is 116 Å². The minimum absolute atomic E-state index is 0.0354. The molecule has 0 unspecified atom stereocenters. The SMILES string of the molecule is CC(C)[C@@H]1CC[C@@H](C)C[C@@]1(O)C(=O)NCC(=O)Oc1cc(O)cc(O)c1. The number of carbonyl (C=O) groups excluding carboxylic acids is 2. The summed E-state index contributed by atoms with van der Waals surface area (Å²) in [4.78, 5) is 24.5. The number of ether oxygens (including phenoxy) is 1. The number of carbonyl (C=O) groups is 2. The van der Waals surface area contributed by atoms with Crippen LogP contribution in [0.25, 0.3) is 0 Å². The zero-order chi connectivity index (χ0) is 19.5. The highest BCUT2D eigenvalue weighted by Crippen LogP contribution is 2.41. The highest BCUT2D eigenvalue weighted by molar-refractivity contribution is 5.89. The average molecular weight is 365 g/mol. The highest BCUT2D eigenvalue weighted by Gasteiger charge is 2.48. The monoisotopic (exact) mass is 365 g/mol. The molecule has 1 aliphatic carbocycles. The molecular weight excluding hydrogens is 338 g/mol. The maximum atomic E-state index is 12.6. The van der Waals surface area contributed by atoms with Crippen molar-refractivity contribution in [3.8, 4) is 17.2 Å². The second-order valence-electron chi connectivity index (χ2n) is 7.50. The summed E-state index contributed by atoms with van der Waals surface area (Å²) in [5.74, 6) is -1.67. The van der Waals surface area contributed by atoms with Gasteiger partial charge in [0.1, 0.15) is 29.4 Å². The lowest BCUT2D eigenvalue weighted by Gasteiger charge is -2.43. The van der Waals surface area contributed by atoms with E-state index in [9.17, 15) is 24.9 Å². The highest BCUT2D eigenvalue weighted by atomic mass is 16.5. The first kappa shape index (κ1) is 20.0. The fourth-order valence-electron chi connectivity index (χ4n) is 3.73. The molecule has 1 saturated carbocycles. The van der Waals surface area contributed by atoms with Crippen LogP contribution in [0.2, 0.25) is 0 Å². The molecule has 1 aliphatic rings. The van der Waals surface area contributed by atoms with E-state index in [4.69, 9.17) is 4.74 Å². The summed E-state index contributed by atoms with van der Waals surface area (Å²) in [6.45, 7) is 5.53. The number of benzene rings is 1. The van der Waals surface area contributed by atoms with Crippen LogP contribution in [0, 0.1) is 17.8 Å². The maximum absolute atomic E-state index is 12.6. The molecule has 1 aromatic rings. The molecule has 0 bridgehead atoms. The van der Waals surface area contributed by atoms with E-state index in [-0.39, 0.29) is 35.0 Å². The number of amides is 1. The van der Waals surface area contributed by atoms with Crippen molar-refractivity contribution in [3.05, 3.63) is 18.2 Å². The first-order valence-corrected chi connectivity index (χ1v) is 8.86. The molecule has 0 aliphatic heterocycles.